The van der Waals surface area contributed by atoms with Gasteiger partial charge in [0.25, 0.3) is 5.91 Å². The number of hydrogen-bond donors (Lipinski definition) is 5. The SMILES string of the molecule is CN(C)c1cc(C(=O)N2CCOCC2)c(O)c2c1CC(CC(CCO)[C@](O)(CO)C(=O)CC(N)=O)CC2=O. The minimum atomic E-state index is -2.32. The Labute approximate surface area is 221 Å². The van der Waals surface area contributed by atoms with Crippen LogP contribution in [0.5, 0.6) is 5.75 Å². The predicted molar refractivity (Wildman–Crippen MR) is 136 cm³/mol. The molecule has 6 N–H and O–H groups in total. The Morgan fingerprint density at radius 3 is 2.42 bits per heavy atom. The van der Waals surface area contributed by atoms with Gasteiger partial charge in [-0.2, -0.15) is 0 Å². The molecule has 1 aliphatic heterocycles. The number of amides is 2. The number of anilines is 1. The van der Waals surface area contributed by atoms with Crippen molar-refractivity contribution >= 4 is 29.1 Å². The summed E-state index contributed by atoms with van der Waals surface area (Å²) in [7, 11) is 3.51. The standard InChI is InChI=1S/C26H37N3O9/c1-28(2)19-12-18(25(36)29-4-7-38-8-5-29)24(35)23-17(19)10-15(11-20(23)32)9-16(3-6-30)26(37,14-31)21(33)13-22(27)34/h12,15-16,30-31,35,37H,3-11,13-14H2,1-2H3,(H2,27,34)/t15?,16?,26-/m1/s1. The number of fused-ring (bicyclic) bond motifs is 1. The smallest absolute Gasteiger partial charge is 0.257 e. The molecule has 0 saturated carbocycles. The number of primary amides is 1. The second-order valence-corrected chi connectivity index (χ2v) is 10.2. The fourth-order valence-electron chi connectivity index (χ4n) is 5.46. The van der Waals surface area contributed by atoms with Crippen molar-refractivity contribution < 1.29 is 44.3 Å². The first kappa shape index (κ1) is 29.5. The number of benzene rings is 1. The Morgan fingerprint density at radius 2 is 1.87 bits per heavy atom. The first-order chi connectivity index (χ1) is 17.9. The number of rotatable bonds is 11. The Kier molecular flexibility index (Phi) is 9.47. The number of aliphatic hydroxyl groups is 3. The van der Waals surface area contributed by atoms with Crippen LogP contribution in [-0.2, 0) is 20.7 Å². The van der Waals surface area contributed by atoms with Crippen LogP contribution in [0.25, 0.3) is 0 Å². The molecule has 1 aromatic rings. The fraction of sp³-hybridized carbons (Fsp3) is 0.615. The van der Waals surface area contributed by atoms with E-state index in [0.29, 0.717) is 37.6 Å². The van der Waals surface area contributed by atoms with Gasteiger partial charge >= 0.3 is 0 Å². The van der Waals surface area contributed by atoms with Crippen molar-refractivity contribution in [3.8, 4) is 5.75 Å². The second-order valence-electron chi connectivity index (χ2n) is 10.2. The zero-order valence-electron chi connectivity index (χ0n) is 21.8. The van der Waals surface area contributed by atoms with Gasteiger partial charge in [-0.15, -0.1) is 0 Å². The van der Waals surface area contributed by atoms with E-state index in [-0.39, 0.29) is 42.6 Å². The minimum Gasteiger partial charge on any atom is -0.506 e. The molecule has 12 nitrogen and oxygen atoms in total. The lowest BCUT2D eigenvalue weighted by Crippen LogP contribution is -2.51. The molecule has 0 spiro atoms. The molecule has 2 unspecified atom stereocenters. The molecule has 38 heavy (non-hydrogen) atoms. The summed E-state index contributed by atoms with van der Waals surface area (Å²) in [6.45, 7) is 0.141. The highest BCUT2D eigenvalue weighted by Crippen LogP contribution is 2.43. The number of hydrogen-bond acceptors (Lipinski definition) is 10. The van der Waals surface area contributed by atoms with E-state index in [0.717, 1.165) is 0 Å². The molecular formula is C26H37N3O9. The van der Waals surface area contributed by atoms with Gasteiger partial charge in [0.05, 0.1) is 37.4 Å². The average Bonchev–Trinajstić information content (AvgIpc) is 2.87. The van der Waals surface area contributed by atoms with E-state index in [2.05, 4.69) is 0 Å². The maximum Gasteiger partial charge on any atom is 0.257 e. The van der Waals surface area contributed by atoms with E-state index < -0.39 is 60.5 Å². The number of aliphatic hydroxyl groups excluding tert-OH is 2. The van der Waals surface area contributed by atoms with Crippen LogP contribution < -0.4 is 10.6 Å². The molecule has 2 aliphatic rings. The summed E-state index contributed by atoms with van der Waals surface area (Å²) in [6.07, 6.45) is -0.519. The Hall–Kier alpha value is -3.06. The highest BCUT2D eigenvalue weighted by Gasteiger charge is 2.45. The van der Waals surface area contributed by atoms with Crippen LogP contribution in [0.4, 0.5) is 5.69 Å². The number of morpholine rings is 1. The number of ether oxygens (including phenoxy) is 1. The molecule has 2 amide bonds. The van der Waals surface area contributed by atoms with Crippen LogP contribution in [0.3, 0.4) is 0 Å². The number of nitrogens with two attached hydrogens (primary N) is 1. The molecule has 0 radical (unpaired) electrons. The van der Waals surface area contributed by atoms with E-state index in [1.54, 1.807) is 30.0 Å². The minimum absolute atomic E-state index is 0.0333. The number of nitrogens with zero attached hydrogens (tertiary/aromatic N) is 2. The lowest BCUT2D eigenvalue weighted by Gasteiger charge is -2.37. The number of Topliss-reactive ketones (excluding diaryl/α,β-unsaturated/α-hetero) is 2. The van der Waals surface area contributed by atoms with Crippen molar-refractivity contribution in [3.05, 3.63) is 22.8 Å². The maximum atomic E-state index is 13.4. The third kappa shape index (κ3) is 5.98. The lowest BCUT2D eigenvalue weighted by molar-refractivity contribution is -0.153. The molecule has 3 atom stereocenters. The summed E-state index contributed by atoms with van der Waals surface area (Å²) in [5, 5.41) is 41.6. The van der Waals surface area contributed by atoms with Crippen LogP contribution in [0.15, 0.2) is 6.07 Å². The number of carbonyl (C=O) groups excluding carboxylic acids is 4. The molecule has 210 valence electrons. The summed E-state index contributed by atoms with van der Waals surface area (Å²) in [6, 6.07) is 1.56. The van der Waals surface area contributed by atoms with Crippen molar-refractivity contribution in [1.82, 2.24) is 4.90 Å². The van der Waals surface area contributed by atoms with Gasteiger partial charge in [-0.1, -0.05) is 0 Å². The van der Waals surface area contributed by atoms with Gasteiger partial charge in [-0.25, -0.2) is 0 Å². The van der Waals surface area contributed by atoms with E-state index >= 15 is 0 Å². The van der Waals surface area contributed by atoms with Crippen LogP contribution >= 0.6 is 0 Å². The average molecular weight is 536 g/mol. The molecule has 1 aromatic carbocycles. The van der Waals surface area contributed by atoms with Crippen LogP contribution in [0, 0.1) is 11.8 Å². The van der Waals surface area contributed by atoms with Gasteiger partial charge in [0.15, 0.2) is 11.6 Å². The fourth-order valence-corrected chi connectivity index (χ4v) is 5.46. The van der Waals surface area contributed by atoms with E-state index in [1.165, 1.54) is 0 Å². The predicted octanol–water partition coefficient (Wildman–Crippen LogP) is -0.768. The van der Waals surface area contributed by atoms with Gasteiger partial charge in [0, 0.05) is 45.9 Å². The molecule has 12 heteroatoms. The Morgan fingerprint density at radius 1 is 1.21 bits per heavy atom. The van der Waals surface area contributed by atoms with Crippen molar-refractivity contribution in [2.45, 2.75) is 37.7 Å². The van der Waals surface area contributed by atoms with Crippen molar-refractivity contribution in [3.63, 3.8) is 0 Å². The normalized spacial score (nSPS) is 19.9. The lowest BCUT2D eigenvalue weighted by atomic mass is 9.71. The third-order valence-corrected chi connectivity index (χ3v) is 7.47. The third-order valence-electron chi connectivity index (χ3n) is 7.47. The molecule has 1 heterocycles. The Bertz CT molecular complexity index is 1080. The zero-order valence-corrected chi connectivity index (χ0v) is 21.8. The second kappa shape index (κ2) is 12.2. The number of carbonyl (C=O) groups is 4. The van der Waals surface area contributed by atoms with Crippen LogP contribution in [-0.4, -0.2) is 108 Å². The van der Waals surface area contributed by atoms with Gasteiger partial charge < -0.3 is 40.7 Å². The first-order valence-corrected chi connectivity index (χ1v) is 12.7. The van der Waals surface area contributed by atoms with Crippen LogP contribution in [0.2, 0.25) is 0 Å². The molecular weight excluding hydrogens is 498 g/mol. The number of ketones is 2. The number of phenols is 1. The van der Waals surface area contributed by atoms with Gasteiger partial charge in [0.2, 0.25) is 5.91 Å². The molecule has 0 bridgehead atoms. The summed E-state index contributed by atoms with van der Waals surface area (Å²) < 4.78 is 5.30. The molecule has 0 aromatic heterocycles. The molecule has 1 saturated heterocycles. The molecule has 1 aliphatic carbocycles. The highest BCUT2D eigenvalue weighted by atomic mass is 16.5. The summed E-state index contributed by atoms with van der Waals surface area (Å²) >= 11 is 0. The number of phenolic OH excluding ortho intramolecular Hbond substituents is 1. The monoisotopic (exact) mass is 535 g/mol. The molecule has 3 rings (SSSR count). The van der Waals surface area contributed by atoms with E-state index in [1.807, 2.05) is 0 Å². The largest absolute Gasteiger partial charge is 0.506 e. The summed E-state index contributed by atoms with van der Waals surface area (Å²) in [5.41, 5.74) is 4.01. The van der Waals surface area contributed by atoms with Crippen molar-refractivity contribution in [2.75, 3.05) is 58.5 Å². The van der Waals surface area contributed by atoms with E-state index in [4.69, 9.17) is 10.5 Å². The van der Waals surface area contributed by atoms with E-state index in [9.17, 15) is 39.6 Å². The first-order valence-electron chi connectivity index (χ1n) is 12.7. The summed E-state index contributed by atoms with van der Waals surface area (Å²) in [4.78, 5) is 53.8. The van der Waals surface area contributed by atoms with Gasteiger partial charge in [-0.05, 0) is 42.7 Å². The van der Waals surface area contributed by atoms with Gasteiger partial charge in [0.1, 0.15) is 11.4 Å². The zero-order chi connectivity index (χ0) is 28.2. The quantitative estimate of drug-likeness (QED) is 0.225. The summed E-state index contributed by atoms with van der Waals surface area (Å²) in [5.74, 6) is -4.44. The van der Waals surface area contributed by atoms with Crippen molar-refractivity contribution in [1.29, 1.82) is 0 Å². The topological polar surface area (TPSA) is 191 Å². The number of aromatic hydroxyl groups is 1. The maximum absolute atomic E-state index is 13.4. The van der Waals surface area contributed by atoms with Crippen LogP contribution in [0.1, 0.15) is 52.0 Å². The molecule has 1 fully saturated rings. The Balaban J connectivity index is 1.96. The van der Waals surface area contributed by atoms with Gasteiger partial charge in [-0.3, -0.25) is 19.2 Å². The highest BCUT2D eigenvalue weighted by molar-refractivity contribution is 6.08. The van der Waals surface area contributed by atoms with Crippen molar-refractivity contribution in [2.24, 2.45) is 17.6 Å².